The Balaban J connectivity index is 1.44. The van der Waals surface area contributed by atoms with Crippen LogP contribution in [-0.2, 0) is 9.59 Å². The molecule has 0 radical (unpaired) electrons. The molecule has 2 aromatic rings. The first-order valence-electron chi connectivity index (χ1n) is 8.20. The molecule has 2 aromatic carbocycles. The van der Waals surface area contributed by atoms with E-state index in [1.807, 2.05) is 32.0 Å². The zero-order valence-corrected chi connectivity index (χ0v) is 14.6. The van der Waals surface area contributed by atoms with E-state index in [9.17, 15) is 9.59 Å². The molecule has 0 spiro atoms. The van der Waals surface area contributed by atoms with Crippen LogP contribution < -0.4 is 25.1 Å². The molecule has 136 valence electrons. The van der Waals surface area contributed by atoms with Crippen molar-refractivity contribution in [2.75, 3.05) is 13.2 Å². The number of hydrogen-bond donors (Lipinski definition) is 2. The number of nitrogens with one attached hydrogen (secondary N) is 2. The van der Waals surface area contributed by atoms with Gasteiger partial charge in [-0.15, -0.1) is 0 Å². The average Bonchev–Trinajstić information content (AvgIpc) is 2.66. The molecule has 0 unspecified atom stereocenters. The van der Waals surface area contributed by atoms with Crippen LogP contribution in [-0.4, -0.2) is 31.1 Å². The molecule has 0 aromatic heterocycles. The molecule has 1 heterocycles. The minimum Gasteiger partial charge on any atom is -0.485 e. The molecular weight excluding hydrogens is 336 g/mol. The molecule has 1 aliphatic heterocycles. The molecule has 2 N–H and O–H groups in total. The van der Waals surface area contributed by atoms with Crippen molar-refractivity contribution < 1.29 is 23.8 Å². The maximum absolute atomic E-state index is 12.1. The summed E-state index contributed by atoms with van der Waals surface area (Å²) in [4.78, 5) is 23.9. The summed E-state index contributed by atoms with van der Waals surface area (Å²) in [6.45, 7) is 3.81. The van der Waals surface area contributed by atoms with Crippen molar-refractivity contribution in [1.82, 2.24) is 10.9 Å². The normalized spacial score (nSPS) is 15.1. The third kappa shape index (κ3) is 4.24. The Bertz CT molecular complexity index is 821. The Morgan fingerprint density at radius 2 is 1.85 bits per heavy atom. The molecule has 1 aliphatic rings. The smallest absolute Gasteiger partial charge is 0.283 e. The average molecular weight is 356 g/mol. The first kappa shape index (κ1) is 17.6. The fourth-order valence-corrected chi connectivity index (χ4v) is 2.35. The first-order valence-corrected chi connectivity index (χ1v) is 8.20. The zero-order valence-electron chi connectivity index (χ0n) is 14.6. The molecule has 0 saturated carbocycles. The van der Waals surface area contributed by atoms with Gasteiger partial charge < -0.3 is 14.2 Å². The Morgan fingerprint density at radius 1 is 1.08 bits per heavy atom. The van der Waals surface area contributed by atoms with E-state index in [-0.39, 0.29) is 13.2 Å². The number of hydrogen-bond acceptors (Lipinski definition) is 5. The van der Waals surface area contributed by atoms with Crippen molar-refractivity contribution in [3.8, 4) is 17.2 Å². The van der Waals surface area contributed by atoms with E-state index in [0.29, 0.717) is 17.2 Å². The maximum Gasteiger partial charge on any atom is 0.283 e. The molecule has 0 fully saturated rings. The van der Waals surface area contributed by atoms with E-state index in [2.05, 4.69) is 10.9 Å². The van der Waals surface area contributed by atoms with E-state index in [4.69, 9.17) is 14.2 Å². The van der Waals surface area contributed by atoms with Gasteiger partial charge in [-0.05, 0) is 49.2 Å². The highest BCUT2D eigenvalue weighted by Crippen LogP contribution is 2.30. The molecule has 0 aliphatic carbocycles. The van der Waals surface area contributed by atoms with Crippen LogP contribution in [0.1, 0.15) is 11.1 Å². The summed E-state index contributed by atoms with van der Waals surface area (Å²) in [7, 11) is 0. The summed E-state index contributed by atoms with van der Waals surface area (Å²) in [5.74, 6) is 0.689. The topological polar surface area (TPSA) is 85.9 Å². The van der Waals surface area contributed by atoms with Crippen LogP contribution in [0, 0.1) is 13.8 Å². The van der Waals surface area contributed by atoms with Crippen LogP contribution >= 0.6 is 0 Å². The van der Waals surface area contributed by atoms with Crippen molar-refractivity contribution in [3.05, 3.63) is 53.6 Å². The lowest BCUT2D eigenvalue weighted by molar-refractivity contribution is -0.135. The van der Waals surface area contributed by atoms with Crippen LogP contribution in [0.25, 0.3) is 0 Å². The molecule has 2 amide bonds. The lowest BCUT2D eigenvalue weighted by atomic mass is 10.1. The van der Waals surface area contributed by atoms with Crippen molar-refractivity contribution >= 4 is 11.8 Å². The number of para-hydroxylation sites is 2. The number of carbonyl (C=O) groups is 2. The van der Waals surface area contributed by atoms with E-state index in [0.717, 1.165) is 11.1 Å². The third-order valence-corrected chi connectivity index (χ3v) is 3.97. The molecular formula is C19H20N2O5. The third-order valence-electron chi connectivity index (χ3n) is 3.97. The Morgan fingerprint density at radius 3 is 2.62 bits per heavy atom. The van der Waals surface area contributed by atoms with Gasteiger partial charge in [-0.1, -0.05) is 18.2 Å². The van der Waals surface area contributed by atoms with Gasteiger partial charge in [0.25, 0.3) is 11.8 Å². The number of hydrazine groups is 1. The molecule has 7 nitrogen and oxygen atoms in total. The minimum absolute atomic E-state index is 0.0673. The number of rotatable bonds is 4. The summed E-state index contributed by atoms with van der Waals surface area (Å²) in [6.07, 6.45) is -0.842. The van der Waals surface area contributed by atoms with Crippen molar-refractivity contribution in [3.63, 3.8) is 0 Å². The second-order valence-electron chi connectivity index (χ2n) is 5.94. The lowest BCUT2D eigenvalue weighted by Gasteiger charge is -2.25. The standard InChI is InChI=1S/C19H20N2O5/c1-12-7-8-14(9-13(12)2)24-11-18(22)20-21-19(23)17-10-25-15-5-3-4-6-16(15)26-17/h3-9,17H,10-11H2,1-2H3,(H,20,22)(H,21,23)/t17-/m0/s1. The van der Waals surface area contributed by atoms with Crippen LogP contribution in [0.2, 0.25) is 0 Å². The number of carbonyl (C=O) groups excluding carboxylic acids is 2. The summed E-state index contributed by atoms with van der Waals surface area (Å²) in [5, 5.41) is 0. The van der Waals surface area contributed by atoms with Crippen LogP contribution in [0.15, 0.2) is 42.5 Å². The molecule has 1 atom stereocenters. The minimum atomic E-state index is -0.842. The fourth-order valence-electron chi connectivity index (χ4n) is 2.35. The maximum atomic E-state index is 12.1. The summed E-state index contributed by atoms with van der Waals surface area (Å²) >= 11 is 0. The van der Waals surface area contributed by atoms with Gasteiger partial charge in [0.2, 0.25) is 6.10 Å². The van der Waals surface area contributed by atoms with Crippen LogP contribution in [0.4, 0.5) is 0 Å². The monoisotopic (exact) mass is 356 g/mol. The molecule has 7 heteroatoms. The number of benzene rings is 2. The van der Waals surface area contributed by atoms with Gasteiger partial charge in [-0.25, -0.2) is 0 Å². The molecule has 0 saturated heterocycles. The number of amides is 2. The van der Waals surface area contributed by atoms with Gasteiger partial charge in [0, 0.05) is 0 Å². The van der Waals surface area contributed by atoms with E-state index < -0.39 is 17.9 Å². The first-order chi connectivity index (χ1) is 12.5. The fraction of sp³-hybridized carbons (Fsp3) is 0.263. The Kier molecular flexibility index (Phi) is 5.26. The van der Waals surface area contributed by atoms with Crippen molar-refractivity contribution in [2.24, 2.45) is 0 Å². The summed E-state index contributed by atoms with van der Waals surface area (Å²) in [5.41, 5.74) is 6.84. The quantitative estimate of drug-likeness (QED) is 0.814. The number of fused-ring (bicyclic) bond motifs is 1. The van der Waals surface area contributed by atoms with E-state index >= 15 is 0 Å². The highest BCUT2D eigenvalue weighted by atomic mass is 16.6. The Labute approximate surface area is 151 Å². The largest absolute Gasteiger partial charge is 0.485 e. The van der Waals surface area contributed by atoms with E-state index in [1.165, 1.54) is 0 Å². The van der Waals surface area contributed by atoms with Gasteiger partial charge in [0.1, 0.15) is 12.4 Å². The molecule has 26 heavy (non-hydrogen) atoms. The zero-order chi connectivity index (χ0) is 18.5. The predicted molar refractivity (Wildman–Crippen MR) is 94.0 cm³/mol. The summed E-state index contributed by atoms with van der Waals surface area (Å²) in [6, 6.07) is 12.6. The Hall–Kier alpha value is -3.22. The predicted octanol–water partition coefficient (Wildman–Crippen LogP) is 1.67. The van der Waals surface area contributed by atoms with Crippen molar-refractivity contribution in [1.29, 1.82) is 0 Å². The van der Waals surface area contributed by atoms with Crippen LogP contribution in [0.5, 0.6) is 17.2 Å². The summed E-state index contributed by atoms with van der Waals surface area (Å²) < 4.78 is 16.4. The lowest BCUT2D eigenvalue weighted by Crippen LogP contribution is -2.51. The highest BCUT2D eigenvalue weighted by Gasteiger charge is 2.27. The number of ether oxygens (including phenoxy) is 3. The van der Waals surface area contributed by atoms with Gasteiger partial charge in [0.05, 0.1) is 0 Å². The van der Waals surface area contributed by atoms with Gasteiger partial charge in [0.15, 0.2) is 18.1 Å². The molecule has 0 bridgehead atoms. The highest BCUT2D eigenvalue weighted by molar-refractivity contribution is 5.85. The molecule has 3 rings (SSSR count). The van der Waals surface area contributed by atoms with Crippen LogP contribution in [0.3, 0.4) is 0 Å². The van der Waals surface area contributed by atoms with Crippen molar-refractivity contribution in [2.45, 2.75) is 20.0 Å². The second kappa shape index (κ2) is 7.77. The SMILES string of the molecule is Cc1ccc(OCC(=O)NNC(=O)[C@@H]2COc3ccccc3O2)cc1C. The van der Waals surface area contributed by atoms with Gasteiger partial charge >= 0.3 is 0 Å². The second-order valence-corrected chi connectivity index (χ2v) is 5.94. The van der Waals surface area contributed by atoms with Gasteiger partial charge in [-0.2, -0.15) is 0 Å². The van der Waals surface area contributed by atoms with E-state index in [1.54, 1.807) is 24.3 Å². The van der Waals surface area contributed by atoms with Gasteiger partial charge in [-0.3, -0.25) is 20.4 Å². The number of aryl methyl sites for hydroxylation is 2.